The monoisotopic (exact) mass is 373 g/mol. The summed E-state index contributed by atoms with van der Waals surface area (Å²) in [5.74, 6) is -0.655. The Balaban J connectivity index is 1.63. The number of aliphatic hydroxyl groups excluding tert-OH is 1. The maximum Gasteiger partial charge on any atom is 0.271 e. The highest BCUT2D eigenvalue weighted by Crippen LogP contribution is 2.33. The minimum atomic E-state index is -1.05. The fraction of sp³-hybridized carbons (Fsp3) is 0.278. The van der Waals surface area contributed by atoms with Crippen LogP contribution in [0, 0.1) is 0 Å². The zero-order valence-electron chi connectivity index (χ0n) is 13.9. The molecule has 0 saturated heterocycles. The number of benzene rings is 1. The van der Waals surface area contributed by atoms with Crippen LogP contribution in [0.15, 0.2) is 41.2 Å². The van der Waals surface area contributed by atoms with E-state index in [1.165, 1.54) is 21.6 Å². The Bertz CT molecular complexity index is 1000. The first-order valence-electron chi connectivity index (χ1n) is 8.16. The Morgan fingerprint density at radius 1 is 1.19 bits per heavy atom. The number of amides is 2. The number of hydrogen-bond donors (Lipinski definition) is 2. The summed E-state index contributed by atoms with van der Waals surface area (Å²) in [5, 5.41) is 13.2. The van der Waals surface area contributed by atoms with Crippen molar-refractivity contribution in [3.63, 3.8) is 0 Å². The number of carbonyl (C=O) groups is 2. The molecule has 2 N–H and O–H groups in total. The molecule has 0 bridgehead atoms. The average molecular weight is 374 g/mol. The maximum absolute atomic E-state index is 12.5. The van der Waals surface area contributed by atoms with Gasteiger partial charge in [-0.25, -0.2) is 0 Å². The number of pyridine rings is 1. The smallest absolute Gasteiger partial charge is 0.271 e. The molecule has 2 aliphatic heterocycles. The molecule has 0 spiro atoms. The summed E-state index contributed by atoms with van der Waals surface area (Å²) in [4.78, 5) is 38.5. The molecule has 2 amide bonds. The van der Waals surface area contributed by atoms with Crippen LogP contribution in [-0.4, -0.2) is 32.9 Å². The molecule has 2 aromatic rings. The molecule has 1 aromatic carbocycles. The lowest BCUT2D eigenvalue weighted by Gasteiger charge is -2.30. The lowest BCUT2D eigenvalue weighted by Crippen LogP contribution is -2.47. The summed E-state index contributed by atoms with van der Waals surface area (Å²) in [6.07, 6.45) is -0.807. The van der Waals surface area contributed by atoms with Crippen LogP contribution < -0.4 is 10.9 Å². The fourth-order valence-electron chi connectivity index (χ4n) is 3.63. The number of halogens is 1. The van der Waals surface area contributed by atoms with E-state index in [2.05, 4.69) is 5.32 Å². The van der Waals surface area contributed by atoms with Crippen LogP contribution in [0.3, 0.4) is 0 Å². The summed E-state index contributed by atoms with van der Waals surface area (Å²) in [6.45, 7) is 1.85. The third-order valence-corrected chi connectivity index (χ3v) is 5.30. The van der Waals surface area contributed by atoms with Crippen molar-refractivity contribution in [3.8, 4) is 0 Å². The molecule has 134 valence electrons. The molecule has 2 atom stereocenters. The van der Waals surface area contributed by atoms with E-state index in [0.29, 0.717) is 11.1 Å². The summed E-state index contributed by atoms with van der Waals surface area (Å²) in [6, 6.07) is 9.76. The molecule has 2 aliphatic rings. The van der Waals surface area contributed by atoms with E-state index in [9.17, 15) is 19.5 Å². The highest BCUT2D eigenvalue weighted by Gasteiger charge is 2.42. The maximum atomic E-state index is 12.5. The van der Waals surface area contributed by atoms with Gasteiger partial charge in [-0.15, -0.1) is 0 Å². The van der Waals surface area contributed by atoms with Gasteiger partial charge < -0.3 is 15.3 Å². The Hall–Kier alpha value is -2.64. The van der Waals surface area contributed by atoms with E-state index >= 15 is 0 Å². The van der Waals surface area contributed by atoms with Crippen LogP contribution in [0.2, 0.25) is 5.02 Å². The molecule has 4 rings (SSSR count). The highest BCUT2D eigenvalue weighted by molar-refractivity contribution is 6.30. The highest BCUT2D eigenvalue weighted by atomic mass is 35.5. The zero-order valence-corrected chi connectivity index (χ0v) is 14.7. The number of aliphatic hydroxyl groups is 1. The number of fused-ring (bicyclic) bond motifs is 2. The third-order valence-electron chi connectivity index (χ3n) is 5.01. The number of rotatable bonds is 3. The van der Waals surface area contributed by atoms with Crippen molar-refractivity contribution in [2.75, 3.05) is 6.54 Å². The minimum absolute atomic E-state index is 0.0150. The quantitative estimate of drug-likeness (QED) is 0.852. The van der Waals surface area contributed by atoms with E-state index in [4.69, 9.17) is 11.6 Å². The van der Waals surface area contributed by atoms with Crippen LogP contribution in [0.4, 0.5) is 0 Å². The van der Waals surface area contributed by atoms with Gasteiger partial charge in [-0.2, -0.15) is 0 Å². The average Bonchev–Trinajstić information content (AvgIpc) is 3.02. The van der Waals surface area contributed by atoms with Gasteiger partial charge in [0.15, 0.2) is 6.23 Å². The predicted octanol–water partition coefficient (Wildman–Crippen LogP) is 1.45. The van der Waals surface area contributed by atoms with Crippen molar-refractivity contribution in [3.05, 3.63) is 68.6 Å². The van der Waals surface area contributed by atoms with E-state index in [0.717, 1.165) is 0 Å². The second-order valence-corrected chi connectivity index (χ2v) is 7.05. The van der Waals surface area contributed by atoms with Gasteiger partial charge in [0.1, 0.15) is 16.4 Å². The van der Waals surface area contributed by atoms with E-state index in [-0.39, 0.29) is 35.5 Å². The van der Waals surface area contributed by atoms with Gasteiger partial charge in [0.25, 0.3) is 17.4 Å². The largest absolute Gasteiger partial charge is 0.369 e. The van der Waals surface area contributed by atoms with Crippen molar-refractivity contribution in [2.45, 2.75) is 25.2 Å². The summed E-state index contributed by atoms with van der Waals surface area (Å²) >= 11 is 5.92. The molecule has 0 aliphatic carbocycles. The van der Waals surface area contributed by atoms with E-state index in [1.807, 2.05) is 0 Å². The van der Waals surface area contributed by atoms with Gasteiger partial charge in [-0.3, -0.25) is 19.0 Å². The van der Waals surface area contributed by atoms with Crippen LogP contribution >= 0.6 is 11.6 Å². The van der Waals surface area contributed by atoms with Gasteiger partial charge >= 0.3 is 0 Å². The molecular formula is C18H16ClN3O4. The number of carbonyl (C=O) groups excluding carboxylic acids is 2. The molecule has 8 heteroatoms. The van der Waals surface area contributed by atoms with Crippen molar-refractivity contribution in [1.82, 2.24) is 14.8 Å². The first kappa shape index (κ1) is 16.8. The van der Waals surface area contributed by atoms with Gasteiger partial charge in [0, 0.05) is 24.1 Å². The Morgan fingerprint density at radius 2 is 1.92 bits per heavy atom. The number of hydrogen-bond acceptors (Lipinski definition) is 4. The van der Waals surface area contributed by atoms with Gasteiger partial charge in [-0.1, -0.05) is 29.8 Å². The van der Waals surface area contributed by atoms with Crippen LogP contribution in [0.1, 0.15) is 46.0 Å². The summed E-state index contributed by atoms with van der Waals surface area (Å²) in [7, 11) is 0. The van der Waals surface area contributed by atoms with Crippen LogP contribution in [0.5, 0.6) is 0 Å². The number of aromatic nitrogens is 1. The van der Waals surface area contributed by atoms with Crippen LogP contribution in [-0.2, 0) is 5.66 Å². The summed E-state index contributed by atoms with van der Waals surface area (Å²) < 4.78 is 1.32. The van der Waals surface area contributed by atoms with Crippen molar-refractivity contribution < 1.29 is 14.7 Å². The topological polar surface area (TPSA) is 91.6 Å². The van der Waals surface area contributed by atoms with Crippen molar-refractivity contribution >= 4 is 23.4 Å². The molecule has 0 radical (unpaired) electrons. The van der Waals surface area contributed by atoms with Gasteiger partial charge in [-0.05, 0) is 25.1 Å². The van der Waals surface area contributed by atoms with Gasteiger partial charge in [0.2, 0.25) is 0 Å². The minimum Gasteiger partial charge on any atom is -0.369 e. The second kappa shape index (κ2) is 5.69. The lowest BCUT2D eigenvalue weighted by atomic mass is 10.1. The van der Waals surface area contributed by atoms with Crippen LogP contribution in [0.25, 0.3) is 0 Å². The molecule has 26 heavy (non-hydrogen) atoms. The van der Waals surface area contributed by atoms with Gasteiger partial charge in [0.05, 0.1) is 0 Å². The fourth-order valence-corrected chi connectivity index (χ4v) is 3.78. The Morgan fingerprint density at radius 3 is 2.65 bits per heavy atom. The van der Waals surface area contributed by atoms with Crippen molar-refractivity contribution in [2.24, 2.45) is 0 Å². The molecule has 2 unspecified atom stereocenters. The standard InChI is InChI=1S/C18H16ClN3O4/c1-18(20-14(23)13-7-6-12(19)17(26)22(13)18)8-9-21-15(24)10-4-2-3-5-11(10)16(21)25/h2-7,15,24H,8-9H2,1H3,(H,20,23). The SMILES string of the molecule is CC1(CCN2C(=O)c3ccccc3C2O)NC(=O)c2ccc(Cl)c(=O)n21. The summed E-state index contributed by atoms with van der Waals surface area (Å²) in [5.41, 5.74) is -0.275. The lowest BCUT2D eigenvalue weighted by molar-refractivity contribution is 0.0121. The second-order valence-electron chi connectivity index (χ2n) is 6.64. The molecule has 1 aromatic heterocycles. The molecule has 0 saturated carbocycles. The van der Waals surface area contributed by atoms with Crippen molar-refractivity contribution in [1.29, 1.82) is 0 Å². The molecule has 0 fully saturated rings. The zero-order chi connectivity index (χ0) is 18.6. The normalized spacial score (nSPS) is 23.8. The number of nitrogens with one attached hydrogen (secondary N) is 1. The third kappa shape index (κ3) is 2.28. The Labute approximate surface area is 153 Å². The van der Waals surface area contributed by atoms with E-state index < -0.39 is 17.5 Å². The number of nitrogens with zero attached hydrogens (tertiary/aromatic N) is 2. The molecule has 7 nitrogen and oxygen atoms in total. The first-order valence-corrected chi connectivity index (χ1v) is 8.54. The Kier molecular flexibility index (Phi) is 3.68. The van der Waals surface area contributed by atoms with E-state index in [1.54, 1.807) is 31.2 Å². The predicted molar refractivity (Wildman–Crippen MR) is 93.9 cm³/mol. The molecular weight excluding hydrogens is 358 g/mol. The first-order chi connectivity index (χ1) is 12.3. The molecule has 3 heterocycles.